The van der Waals surface area contributed by atoms with Crippen LogP contribution in [0, 0.1) is 11.8 Å². The van der Waals surface area contributed by atoms with Gasteiger partial charge in [0.15, 0.2) is 0 Å². The van der Waals surface area contributed by atoms with Crippen molar-refractivity contribution in [2.24, 2.45) is 11.8 Å². The summed E-state index contributed by atoms with van der Waals surface area (Å²) < 4.78 is 2.43. The SMILES string of the molecule is CCCCCCCCCCCC(C(Cc1ccccc1)C(C)C)[n+]1cc[nH]c1. The van der Waals surface area contributed by atoms with E-state index in [2.05, 4.69) is 79.4 Å². The molecule has 1 heterocycles. The van der Waals surface area contributed by atoms with Gasteiger partial charge in [0.1, 0.15) is 18.4 Å². The highest BCUT2D eigenvalue weighted by molar-refractivity contribution is 5.15. The predicted octanol–water partition coefficient (Wildman–Crippen LogP) is 7.28. The topological polar surface area (TPSA) is 19.7 Å². The Kier molecular flexibility index (Phi) is 11.0. The van der Waals surface area contributed by atoms with Crippen molar-refractivity contribution in [2.75, 3.05) is 0 Å². The van der Waals surface area contributed by atoms with Crippen molar-refractivity contribution in [2.45, 2.75) is 97.4 Å². The van der Waals surface area contributed by atoms with E-state index in [4.69, 9.17) is 0 Å². The minimum Gasteiger partial charge on any atom is -0.250 e. The Bertz CT molecular complexity index is 588. The average Bonchev–Trinajstić information content (AvgIpc) is 3.23. The maximum Gasteiger partial charge on any atom is 0.241 e. The van der Waals surface area contributed by atoms with E-state index in [0.29, 0.717) is 17.9 Å². The summed E-state index contributed by atoms with van der Waals surface area (Å²) in [5.41, 5.74) is 1.47. The molecule has 1 aromatic heterocycles. The molecule has 2 heteroatoms. The van der Waals surface area contributed by atoms with Gasteiger partial charge in [0.05, 0.1) is 0 Å². The summed E-state index contributed by atoms with van der Waals surface area (Å²) in [7, 11) is 0. The highest BCUT2D eigenvalue weighted by Gasteiger charge is 2.29. The first kappa shape index (κ1) is 22.7. The number of hydrogen-bond donors (Lipinski definition) is 1. The van der Waals surface area contributed by atoms with Gasteiger partial charge in [-0.15, -0.1) is 0 Å². The van der Waals surface area contributed by atoms with E-state index in [1.165, 1.54) is 76.2 Å². The molecule has 2 aromatic rings. The second-order valence-corrected chi connectivity index (χ2v) is 8.84. The first-order valence-corrected chi connectivity index (χ1v) is 11.8. The number of aromatic amines is 1. The van der Waals surface area contributed by atoms with E-state index >= 15 is 0 Å². The first-order valence-electron chi connectivity index (χ1n) is 11.8. The van der Waals surface area contributed by atoms with Gasteiger partial charge in [-0.3, -0.25) is 4.98 Å². The molecular weight excluding hydrogens is 340 g/mol. The fourth-order valence-electron chi connectivity index (χ4n) is 4.46. The summed E-state index contributed by atoms with van der Waals surface area (Å²) in [6, 6.07) is 11.6. The third-order valence-electron chi connectivity index (χ3n) is 6.22. The van der Waals surface area contributed by atoms with Gasteiger partial charge < -0.3 is 0 Å². The summed E-state index contributed by atoms with van der Waals surface area (Å²) in [5, 5.41) is 0. The Labute approximate surface area is 173 Å². The molecule has 1 aromatic carbocycles. The second-order valence-electron chi connectivity index (χ2n) is 8.84. The molecule has 1 N–H and O–H groups in total. The van der Waals surface area contributed by atoms with Crippen molar-refractivity contribution < 1.29 is 4.57 Å². The van der Waals surface area contributed by atoms with E-state index in [-0.39, 0.29) is 0 Å². The molecule has 0 saturated carbocycles. The van der Waals surface area contributed by atoms with Crippen molar-refractivity contribution in [3.63, 3.8) is 0 Å². The van der Waals surface area contributed by atoms with Crippen molar-refractivity contribution in [1.29, 1.82) is 0 Å². The van der Waals surface area contributed by atoms with Crippen molar-refractivity contribution in [3.05, 3.63) is 54.6 Å². The number of benzene rings is 1. The van der Waals surface area contributed by atoms with E-state index in [0.717, 1.165) is 0 Å². The molecule has 0 aliphatic carbocycles. The molecule has 0 aliphatic heterocycles. The van der Waals surface area contributed by atoms with Crippen LogP contribution in [0.3, 0.4) is 0 Å². The molecule has 28 heavy (non-hydrogen) atoms. The van der Waals surface area contributed by atoms with Crippen molar-refractivity contribution in [1.82, 2.24) is 4.98 Å². The molecule has 156 valence electrons. The fourth-order valence-corrected chi connectivity index (χ4v) is 4.46. The molecule has 0 bridgehead atoms. The van der Waals surface area contributed by atoms with Crippen molar-refractivity contribution >= 4 is 0 Å². The molecule has 0 amide bonds. The zero-order chi connectivity index (χ0) is 20.0. The van der Waals surface area contributed by atoms with Gasteiger partial charge in [-0.1, -0.05) is 102 Å². The van der Waals surface area contributed by atoms with Crippen LogP contribution in [-0.4, -0.2) is 4.98 Å². The highest BCUT2D eigenvalue weighted by atomic mass is 15.1. The first-order chi connectivity index (χ1) is 13.7. The number of unbranched alkanes of at least 4 members (excludes halogenated alkanes) is 8. The summed E-state index contributed by atoms with van der Waals surface area (Å²) >= 11 is 0. The molecule has 2 nitrogen and oxygen atoms in total. The number of nitrogens with zero attached hydrogens (tertiary/aromatic N) is 1. The third-order valence-corrected chi connectivity index (χ3v) is 6.22. The van der Waals surface area contributed by atoms with E-state index in [9.17, 15) is 0 Å². The maximum absolute atomic E-state index is 3.27. The molecule has 2 unspecified atom stereocenters. The van der Waals surface area contributed by atoms with Gasteiger partial charge in [-0.25, -0.2) is 4.57 Å². The monoisotopic (exact) mass is 383 g/mol. The van der Waals surface area contributed by atoms with Crippen molar-refractivity contribution in [3.8, 4) is 0 Å². The minimum atomic E-state index is 0.580. The highest BCUT2D eigenvalue weighted by Crippen LogP contribution is 2.30. The van der Waals surface area contributed by atoms with Crippen LogP contribution in [-0.2, 0) is 6.42 Å². The van der Waals surface area contributed by atoms with Crippen LogP contribution in [0.2, 0.25) is 0 Å². The van der Waals surface area contributed by atoms with Crippen LogP contribution >= 0.6 is 0 Å². The summed E-state index contributed by atoms with van der Waals surface area (Å²) in [5.74, 6) is 1.34. The summed E-state index contributed by atoms with van der Waals surface area (Å²) in [4.78, 5) is 3.27. The molecule has 2 rings (SSSR count). The zero-order valence-electron chi connectivity index (χ0n) is 18.6. The third kappa shape index (κ3) is 8.20. The molecule has 0 aliphatic rings. The van der Waals surface area contributed by atoms with Crippen LogP contribution in [0.15, 0.2) is 49.1 Å². The summed E-state index contributed by atoms with van der Waals surface area (Å²) in [6.07, 6.45) is 21.5. The number of imidazole rings is 1. The number of nitrogens with one attached hydrogen (secondary N) is 1. The van der Waals surface area contributed by atoms with Gasteiger partial charge in [0, 0.05) is 5.92 Å². The number of hydrogen-bond acceptors (Lipinski definition) is 0. The largest absolute Gasteiger partial charge is 0.250 e. The Balaban J connectivity index is 1.85. The normalized spacial score (nSPS) is 13.7. The Morgan fingerprint density at radius 2 is 1.50 bits per heavy atom. The van der Waals surface area contributed by atoms with Crippen LogP contribution in [0.1, 0.15) is 96.6 Å². The number of H-pyrrole nitrogens is 1. The molecule has 0 radical (unpaired) electrons. The zero-order valence-corrected chi connectivity index (χ0v) is 18.6. The van der Waals surface area contributed by atoms with Gasteiger partial charge in [0.25, 0.3) is 0 Å². The minimum absolute atomic E-state index is 0.580. The quantitative estimate of drug-likeness (QED) is 0.246. The lowest BCUT2D eigenvalue weighted by Gasteiger charge is -2.28. The van der Waals surface area contributed by atoms with E-state index in [1.807, 2.05) is 0 Å². The fraction of sp³-hybridized carbons (Fsp3) is 0.654. The average molecular weight is 384 g/mol. The molecule has 0 spiro atoms. The lowest BCUT2D eigenvalue weighted by atomic mass is 9.81. The van der Waals surface area contributed by atoms with E-state index < -0.39 is 0 Å². The lowest BCUT2D eigenvalue weighted by Crippen LogP contribution is -2.44. The molecule has 0 saturated heterocycles. The summed E-state index contributed by atoms with van der Waals surface area (Å²) in [6.45, 7) is 7.08. The van der Waals surface area contributed by atoms with Gasteiger partial charge in [-0.05, 0) is 30.7 Å². The van der Waals surface area contributed by atoms with Gasteiger partial charge in [-0.2, -0.15) is 0 Å². The van der Waals surface area contributed by atoms with Crippen LogP contribution in [0.25, 0.3) is 0 Å². The second kappa shape index (κ2) is 13.6. The standard InChI is InChI=1S/C26H42N2/c1-4-5-6-7-8-9-10-11-15-18-26(28-20-19-27-22-28)25(23(2)3)21-24-16-13-12-14-17-24/h12-14,16-17,19-20,22-23,25-26H,4-11,15,18,21H2,1-3H3/p+1. The molecular formula is C26H43N2+. The Morgan fingerprint density at radius 1 is 0.857 bits per heavy atom. The Hall–Kier alpha value is -1.57. The van der Waals surface area contributed by atoms with Crippen LogP contribution < -0.4 is 4.57 Å². The van der Waals surface area contributed by atoms with Crippen LogP contribution in [0.4, 0.5) is 0 Å². The Morgan fingerprint density at radius 3 is 2.07 bits per heavy atom. The molecule has 0 fully saturated rings. The lowest BCUT2D eigenvalue weighted by molar-refractivity contribution is -0.731. The molecule has 2 atom stereocenters. The van der Waals surface area contributed by atoms with Gasteiger partial charge in [0.2, 0.25) is 6.33 Å². The van der Waals surface area contributed by atoms with E-state index in [1.54, 1.807) is 0 Å². The van der Waals surface area contributed by atoms with Crippen LogP contribution in [0.5, 0.6) is 0 Å². The smallest absolute Gasteiger partial charge is 0.241 e. The maximum atomic E-state index is 3.27. The number of rotatable bonds is 15. The van der Waals surface area contributed by atoms with Gasteiger partial charge >= 0.3 is 0 Å². The predicted molar refractivity (Wildman–Crippen MR) is 120 cm³/mol. The number of aromatic nitrogens is 2.